The SMILES string of the molecule is CN(C)C(=[Se])Oc1cccc([N+](=O)[O-])c1. The van der Waals surface area contributed by atoms with Crippen molar-refractivity contribution >= 4 is 26.0 Å². The van der Waals surface area contributed by atoms with Crippen LogP contribution < -0.4 is 4.74 Å². The van der Waals surface area contributed by atoms with Gasteiger partial charge in [0.1, 0.15) is 0 Å². The van der Waals surface area contributed by atoms with Gasteiger partial charge in [0.2, 0.25) is 0 Å². The molecule has 0 saturated heterocycles. The summed E-state index contributed by atoms with van der Waals surface area (Å²) in [7, 11) is 3.62. The van der Waals surface area contributed by atoms with E-state index in [1.165, 1.54) is 12.1 Å². The van der Waals surface area contributed by atoms with Crippen LogP contribution in [-0.2, 0) is 0 Å². The van der Waals surface area contributed by atoms with Crippen LogP contribution in [0.25, 0.3) is 0 Å². The summed E-state index contributed by atoms with van der Waals surface area (Å²) in [6.07, 6.45) is 0. The van der Waals surface area contributed by atoms with Crippen LogP contribution in [0.4, 0.5) is 5.69 Å². The molecular weight excluding hydrogens is 263 g/mol. The molecule has 15 heavy (non-hydrogen) atoms. The summed E-state index contributed by atoms with van der Waals surface area (Å²) in [5, 5.41) is 10.5. The second-order valence-corrected chi connectivity index (χ2v) is 3.75. The molecule has 0 amide bonds. The van der Waals surface area contributed by atoms with E-state index in [1.54, 1.807) is 17.0 Å². The maximum atomic E-state index is 10.5. The van der Waals surface area contributed by atoms with Crippen LogP contribution in [0.2, 0.25) is 0 Å². The van der Waals surface area contributed by atoms with Gasteiger partial charge in [0.15, 0.2) is 0 Å². The van der Waals surface area contributed by atoms with Crippen molar-refractivity contribution in [3.63, 3.8) is 0 Å². The zero-order valence-corrected chi connectivity index (χ0v) is 10.0. The third kappa shape index (κ3) is 3.34. The molecule has 0 aliphatic heterocycles. The van der Waals surface area contributed by atoms with Crippen molar-refractivity contribution in [1.29, 1.82) is 0 Å². The molecule has 0 atom stereocenters. The Morgan fingerprint density at radius 1 is 1.53 bits per heavy atom. The third-order valence-electron chi connectivity index (χ3n) is 1.60. The Bertz CT molecular complexity index is 393. The first-order chi connectivity index (χ1) is 7.00. The standard InChI is InChI=1S/C9H10N2O3Se/c1-10(2)9(15)14-8-5-3-4-7(6-8)11(12)13/h3-6H,1-2H3. The molecule has 80 valence electrons. The van der Waals surface area contributed by atoms with Crippen LogP contribution >= 0.6 is 0 Å². The van der Waals surface area contributed by atoms with Crippen LogP contribution in [-0.4, -0.2) is 44.2 Å². The second-order valence-electron chi connectivity index (χ2n) is 3.02. The van der Waals surface area contributed by atoms with Gasteiger partial charge >= 0.3 is 94.8 Å². The van der Waals surface area contributed by atoms with Gasteiger partial charge in [0.05, 0.1) is 0 Å². The molecular formula is C9H10N2O3Se. The van der Waals surface area contributed by atoms with E-state index in [-0.39, 0.29) is 5.69 Å². The zero-order valence-electron chi connectivity index (χ0n) is 8.34. The minimum absolute atomic E-state index is 0.0130. The van der Waals surface area contributed by atoms with E-state index in [0.29, 0.717) is 10.5 Å². The maximum absolute atomic E-state index is 10.5. The van der Waals surface area contributed by atoms with Crippen molar-refractivity contribution in [2.75, 3.05) is 14.1 Å². The third-order valence-corrected chi connectivity index (χ3v) is 2.54. The van der Waals surface area contributed by atoms with Crippen molar-refractivity contribution < 1.29 is 9.66 Å². The van der Waals surface area contributed by atoms with Crippen molar-refractivity contribution in [3.05, 3.63) is 34.4 Å². The molecule has 0 fully saturated rings. The molecule has 0 unspecified atom stereocenters. The van der Waals surface area contributed by atoms with Gasteiger partial charge in [0.25, 0.3) is 0 Å². The molecule has 0 aliphatic rings. The van der Waals surface area contributed by atoms with Gasteiger partial charge in [-0.05, 0) is 0 Å². The van der Waals surface area contributed by atoms with Crippen molar-refractivity contribution in [2.24, 2.45) is 0 Å². The fourth-order valence-corrected chi connectivity index (χ4v) is 1.05. The van der Waals surface area contributed by atoms with E-state index in [1.807, 2.05) is 14.1 Å². The van der Waals surface area contributed by atoms with Crippen LogP contribution in [0.1, 0.15) is 0 Å². The Hall–Kier alpha value is -1.39. The molecule has 0 aliphatic carbocycles. The van der Waals surface area contributed by atoms with Gasteiger partial charge in [-0.1, -0.05) is 0 Å². The Balaban J connectivity index is 2.83. The molecule has 0 N–H and O–H groups in total. The van der Waals surface area contributed by atoms with E-state index < -0.39 is 4.92 Å². The Labute approximate surface area is 95.2 Å². The van der Waals surface area contributed by atoms with Crippen molar-refractivity contribution in [3.8, 4) is 5.75 Å². The molecule has 1 aromatic carbocycles. The van der Waals surface area contributed by atoms with Crippen LogP contribution in [0, 0.1) is 10.1 Å². The Morgan fingerprint density at radius 2 is 2.20 bits per heavy atom. The number of rotatable bonds is 4. The topological polar surface area (TPSA) is 55.6 Å². The predicted molar refractivity (Wildman–Crippen MR) is 58.2 cm³/mol. The van der Waals surface area contributed by atoms with Gasteiger partial charge in [-0.2, -0.15) is 0 Å². The van der Waals surface area contributed by atoms with Crippen LogP contribution in [0.15, 0.2) is 24.3 Å². The molecule has 5 nitrogen and oxygen atoms in total. The monoisotopic (exact) mass is 274 g/mol. The summed E-state index contributed by atoms with van der Waals surface area (Å²) in [6, 6.07) is 6.03. The van der Waals surface area contributed by atoms with Gasteiger partial charge in [-0.3, -0.25) is 0 Å². The normalized spacial score (nSPS) is 9.47. The summed E-state index contributed by atoms with van der Waals surface area (Å²) in [5.74, 6) is 0.437. The predicted octanol–water partition coefficient (Wildman–Crippen LogP) is 0.791. The first-order valence-electron chi connectivity index (χ1n) is 4.14. The summed E-state index contributed by atoms with van der Waals surface area (Å²) >= 11 is 2.72. The molecule has 1 rings (SSSR count). The van der Waals surface area contributed by atoms with Gasteiger partial charge in [-0.25, -0.2) is 0 Å². The average Bonchev–Trinajstić information content (AvgIpc) is 2.18. The molecule has 6 heteroatoms. The fourth-order valence-electron chi connectivity index (χ4n) is 0.853. The number of nitro benzene ring substituents is 1. The number of ether oxygens (including phenoxy) is 1. The fraction of sp³-hybridized carbons (Fsp3) is 0.222. The number of nitro groups is 1. The Morgan fingerprint density at radius 3 is 2.73 bits per heavy atom. The first kappa shape index (κ1) is 11.7. The van der Waals surface area contributed by atoms with Gasteiger partial charge in [-0.15, -0.1) is 0 Å². The van der Waals surface area contributed by atoms with Crippen LogP contribution in [0.5, 0.6) is 5.75 Å². The average molecular weight is 273 g/mol. The molecule has 0 heterocycles. The summed E-state index contributed by atoms with van der Waals surface area (Å²) in [4.78, 5) is 11.8. The van der Waals surface area contributed by atoms with Gasteiger partial charge in [0, 0.05) is 0 Å². The van der Waals surface area contributed by atoms with E-state index >= 15 is 0 Å². The molecule has 0 saturated carbocycles. The first-order valence-corrected chi connectivity index (χ1v) is 5.00. The number of benzene rings is 1. The summed E-state index contributed by atoms with van der Waals surface area (Å²) in [6.45, 7) is 0. The molecule has 0 spiro atoms. The molecule has 0 bridgehead atoms. The van der Waals surface area contributed by atoms with Crippen molar-refractivity contribution in [1.82, 2.24) is 4.90 Å². The van der Waals surface area contributed by atoms with Gasteiger partial charge < -0.3 is 0 Å². The number of hydrogen-bond donors (Lipinski definition) is 0. The van der Waals surface area contributed by atoms with E-state index in [9.17, 15) is 10.1 Å². The number of nitrogens with zero attached hydrogens (tertiary/aromatic N) is 2. The van der Waals surface area contributed by atoms with E-state index in [0.717, 1.165) is 0 Å². The zero-order chi connectivity index (χ0) is 11.4. The van der Waals surface area contributed by atoms with E-state index in [2.05, 4.69) is 15.6 Å². The van der Waals surface area contributed by atoms with Crippen LogP contribution in [0.3, 0.4) is 0 Å². The Kier molecular flexibility index (Phi) is 3.82. The molecule has 0 radical (unpaired) electrons. The quantitative estimate of drug-likeness (QED) is 0.462. The van der Waals surface area contributed by atoms with Crippen molar-refractivity contribution in [2.45, 2.75) is 0 Å². The van der Waals surface area contributed by atoms with E-state index in [4.69, 9.17) is 4.74 Å². The number of hydrogen-bond acceptors (Lipinski definition) is 4. The summed E-state index contributed by atoms with van der Waals surface area (Å²) in [5.41, 5.74) is 0.0130. The minimum atomic E-state index is -0.457. The molecule has 0 aromatic heterocycles. The second kappa shape index (κ2) is 4.91. The number of non-ortho nitro benzene ring substituents is 1. The summed E-state index contributed by atoms with van der Waals surface area (Å²) < 4.78 is 5.90. The molecule has 1 aromatic rings.